The lowest BCUT2D eigenvalue weighted by atomic mass is 10.0. The lowest BCUT2D eigenvalue weighted by molar-refractivity contribution is -0.0202. The zero-order valence-corrected chi connectivity index (χ0v) is 40.4. The normalized spacial score (nSPS) is 15.3. The van der Waals surface area contributed by atoms with E-state index in [9.17, 15) is 9.90 Å². The summed E-state index contributed by atoms with van der Waals surface area (Å²) >= 11 is 6.86. The Labute approximate surface area is 398 Å². The Bertz CT molecular complexity index is 2480. The number of nitrogens with zero attached hydrogens (tertiary/aromatic N) is 6. The number of aromatic nitrogens is 4. The van der Waals surface area contributed by atoms with Crippen LogP contribution in [0.2, 0.25) is 0 Å². The van der Waals surface area contributed by atoms with Crippen molar-refractivity contribution in [2.24, 2.45) is 0 Å². The number of methoxy groups -OCH3 is 6. The van der Waals surface area contributed by atoms with Crippen molar-refractivity contribution < 1.29 is 56.8 Å². The van der Waals surface area contributed by atoms with Crippen LogP contribution >= 0.6 is 31.9 Å². The van der Waals surface area contributed by atoms with Gasteiger partial charge in [-0.05, 0) is 91.5 Å². The number of carbonyl (C=O) groups is 1. The van der Waals surface area contributed by atoms with E-state index in [4.69, 9.17) is 46.9 Å². The molecule has 0 amide bonds. The van der Waals surface area contributed by atoms with Gasteiger partial charge in [-0.15, -0.1) is 0 Å². The molecule has 4 heterocycles. The van der Waals surface area contributed by atoms with E-state index in [0.717, 1.165) is 56.3 Å². The highest BCUT2D eigenvalue weighted by atomic mass is 79.9. The molecule has 18 nitrogen and oxygen atoms in total. The van der Waals surface area contributed by atoms with Crippen LogP contribution in [-0.2, 0) is 18.9 Å². The maximum absolute atomic E-state index is 13.1. The summed E-state index contributed by atoms with van der Waals surface area (Å²) in [5.74, 6) is 2.22. The maximum atomic E-state index is 13.1. The molecule has 2 fully saturated rings. The Morgan fingerprint density at radius 1 is 0.606 bits per heavy atom. The van der Waals surface area contributed by atoms with Gasteiger partial charge in [0.1, 0.15) is 50.3 Å². The highest BCUT2D eigenvalue weighted by Gasteiger charge is 2.30. The Hall–Kier alpha value is -5.61. The summed E-state index contributed by atoms with van der Waals surface area (Å²) in [6.07, 6.45) is -2.65. The number of anilines is 2. The third-order valence-electron chi connectivity index (χ3n) is 10.9. The summed E-state index contributed by atoms with van der Waals surface area (Å²) < 4.78 is 55.5. The molecule has 1 N–H and O–H groups in total. The molecule has 66 heavy (non-hydrogen) atoms. The molecule has 0 radical (unpaired) electrons. The molecule has 2 saturated heterocycles. The molecule has 2 aromatic heterocycles. The first-order chi connectivity index (χ1) is 32.1. The van der Waals surface area contributed by atoms with Crippen molar-refractivity contribution in [3.8, 4) is 45.9 Å². The van der Waals surface area contributed by atoms with E-state index in [1.807, 2.05) is 48.5 Å². The fourth-order valence-electron chi connectivity index (χ4n) is 7.37. The second-order valence-electron chi connectivity index (χ2n) is 14.7. The predicted octanol–water partition coefficient (Wildman–Crippen LogP) is 7.70. The van der Waals surface area contributed by atoms with Gasteiger partial charge in [0, 0.05) is 62.9 Å². The first-order valence-electron chi connectivity index (χ1n) is 20.7. The molecular formula is C46H50Br2N6O12. The molecule has 0 aliphatic carbocycles. The maximum Gasteiger partial charge on any atom is 0.258 e. The number of Topliss-reactive ketones (excluding diaryl/α,β-unsaturated/α-hetero) is 1. The largest absolute Gasteiger partial charge is 0.495 e. The minimum Gasteiger partial charge on any atom is -0.495 e. The minimum atomic E-state index is -1.12. The lowest BCUT2D eigenvalue weighted by Crippen LogP contribution is -2.36. The summed E-state index contributed by atoms with van der Waals surface area (Å²) in [7, 11) is 9.21. The second-order valence-corrected chi connectivity index (χ2v) is 16.3. The molecule has 0 spiro atoms. The topological polar surface area (TPSA) is 195 Å². The highest BCUT2D eigenvalue weighted by molar-refractivity contribution is 9.11. The van der Waals surface area contributed by atoms with Crippen LogP contribution in [0.4, 0.5) is 11.4 Å². The summed E-state index contributed by atoms with van der Waals surface area (Å²) in [6, 6.07) is 22.5. The molecule has 8 rings (SSSR count). The number of halogens is 2. The molecule has 0 bridgehead atoms. The number of morpholine rings is 2. The fraction of sp³-hybridized carbons (Fsp3) is 0.370. The number of aliphatic hydroxyl groups is 1. The van der Waals surface area contributed by atoms with Crippen LogP contribution in [0, 0.1) is 0 Å². The van der Waals surface area contributed by atoms with Gasteiger partial charge in [0.05, 0.1) is 54.9 Å². The van der Waals surface area contributed by atoms with Gasteiger partial charge >= 0.3 is 0 Å². The van der Waals surface area contributed by atoms with Crippen LogP contribution in [0.5, 0.6) is 23.0 Å². The fourth-order valence-corrected chi connectivity index (χ4v) is 8.48. The van der Waals surface area contributed by atoms with Crippen molar-refractivity contribution in [3.05, 3.63) is 105 Å². The van der Waals surface area contributed by atoms with Crippen LogP contribution < -0.4 is 28.7 Å². The van der Waals surface area contributed by atoms with E-state index in [1.165, 1.54) is 14.2 Å². The zero-order chi connectivity index (χ0) is 46.7. The number of benzene rings is 4. The molecule has 4 aromatic carbocycles. The molecule has 3 unspecified atom stereocenters. The first-order valence-corrected chi connectivity index (χ1v) is 22.3. The number of ketones is 1. The zero-order valence-electron chi connectivity index (χ0n) is 37.2. The van der Waals surface area contributed by atoms with Gasteiger partial charge < -0.3 is 61.8 Å². The van der Waals surface area contributed by atoms with Crippen LogP contribution in [0.15, 0.2) is 90.8 Å². The smallest absolute Gasteiger partial charge is 0.258 e. The van der Waals surface area contributed by atoms with E-state index in [-0.39, 0.29) is 23.4 Å². The van der Waals surface area contributed by atoms with Crippen molar-refractivity contribution >= 4 is 49.0 Å². The van der Waals surface area contributed by atoms with E-state index >= 15 is 0 Å². The van der Waals surface area contributed by atoms with Gasteiger partial charge in [0.25, 0.3) is 11.8 Å². The third kappa shape index (κ3) is 11.0. The minimum absolute atomic E-state index is 0.0741. The van der Waals surface area contributed by atoms with Crippen LogP contribution in [0.3, 0.4) is 0 Å². The Morgan fingerprint density at radius 2 is 1.03 bits per heavy atom. The monoisotopic (exact) mass is 1040 g/mol. The number of hydrogen-bond donors (Lipinski definition) is 1. The number of aliphatic hydroxyl groups excluding tert-OH is 1. The van der Waals surface area contributed by atoms with Gasteiger partial charge in [-0.25, -0.2) is 0 Å². The van der Waals surface area contributed by atoms with Gasteiger partial charge in [0.2, 0.25) is 17.4 Å². The van der Waals surface area contributed by atoms with E-state index in [0.29, 0.717) is 61.8 Å². The number of ether oxygens (including phenoxy) is 8. The average molecular weight is 1040 g/mol. The van der Waals surface area contributed by atoms with Gasteiger partial charge in [0.15, 0.2) is 0 Å². The number of carbonyl (C=O) groups excluding carboxylic acids is 1. The van der Waals surface area contributed by atoms with Gasteiger partial charge in [-0.3, -0.25) is 4.79 Å². The van der Waals surface area contributed by atoms with Crippen molar-refractivity contribution in [1.29, 1.82) is 0 Å². The average Bonchev–Trinajstić information content (AvgIpc) is 4.08. The molecule has 3 atom stereocenters. The van der Waals surface area contributed by atoms with E-state index in [1.54, 1.807) is 52.7 Å². The van der Waals surface area contributed by atoms with E-state index in [2.05, 4.69) is 61.9 Å². The van der Waals surface area contributed by atoms with Crippen molar-refractivity contribution in [2.45, 2.75) is 18.3 Å². The number of rotatable bonds is 16. The van der Waals surface area contributed by atoms with Crippen molar-refractivity contribution in [2.75, 3.05) is 105 Å². The van der Waals surface area contributed by atoms with Crippen molar-refractivity contribution in [1.82, 2.24) is 20.3 Å². The lowest BCUT2D eigenvalue weighted by Gasteiger charge is -2.29. The Morgan fingerprint density at radius 3 is 1.45 bits per heavy atom. The van der Waals surface area contributed by atoms with Crippen LogP contribution in [0.25, 0.3) is 22.9 Å². The van der Waals surface area contributed by atoms with Gasteiger partial charge in [-0.1, -0.05) is 34.6 Å². The van der Waals surface area contributed by atoms with Gasteiger partial charge in [-0.2, -0.15) is 9.97 Å². The molecule has 0 saturated carbocycles. The standard InChI is InChI=1S/C23H26BrN3O6.C23H24BrN3O6/c2*1-29-17-12-15(13-18(30-2)19(17)24)23-25-22(26-33-23)20(28)21(31-3)14-4-6-16(7-5-14)27-8-10-32-11-9-27/h4-7,12-13,20-21,28H,8-11H2,1-3H3;4-7,12-13,21H,8-11H2,1-3H3. The first kappa shape index (κ1) is 48.3. The second kappa shape index (κ2) is 22.7. The Kier molecular flexibility index (Phi) is 16.6. The number of hydrogen-bond acceptors (Lipinski definition) is 18. The van der Waals surface area contributed by atoms with Crippen molar-refractivity contribution in [3.63, 3.8) is 0 Å². The molecule has 2 aliphatic rings. The molecule has 6 aromatic rings. The van der Waals surface area contributed by atoms with Crippen LogP contribution in [-0.4, -0.2) is 126 Å². The SMILES string of the molecule is COc1cc(-c2nc(C(=O)C(OC)c3ccc(N4CCOCC4)cc3)no2)cc(OC)c1Br.COc1cc(-c2nc(C(O)C(OC)c3ccc(N4CCOCC4)cc3)no2)cc(OC)c1Br. The predicted molar refractivity (Wildman–Crippen MR) is 249 cm³/mol. The highest BCUT2D eigenvalue weighted by Crippen LogP contribution is 2.41. The molecule has 350 valence electrons. The molecular weight excluding hydrogens is 988 g/mol. The Balaban J connectivity index is 0.000000196. The summed E-state index contributed by atoms with van der Waals surface area (Å²) in [4.78, 5) is 26.3. The third-order valence-corrected chi connectivity index (χ3v) is 12.5. The molecule has 20 heteroatoms. The summed E-state index contributed by atoms with van der Waals surface area (Å²) in [6.45, 7) is 6.23. The summed E-state index contributed by atoms with van der Waals surface area (Å²) in [5, 5.41) is 18.8. The quantitative estimate of drug-likeness (QED) is 0.0926. The van der Waals surface area contributed by atoms with E-state index < -0.39 is 24.1 Å². The summed E-state index contributed by atoms with van der Waals surface area (Å²) in [5.41, 5.74) is 4.85. The van der Waals surface area contributed by atoms with Crippen LogP contribution in [0.1, 0.15) is 45.9 Å². The molecule has 2 aliphatic heterocycles.